The molecule has 0 spiro atoms. The SMILES string of the molecule is Cc1ccc([N+](=O)[O-])cc1NC(=S)NC(=O)CCN1C(=O)c2ccccc2C1=O. The summed E-state index contributed by atoms with van der Waals surface area (Å²) in [7, 11) is 0. The van der Waals surface area contributed by atoms with Crippen LogP contribution in [0.3, 0.4) is 0 Å². The van der Waals surface area contributed by atoms with Gasteiger partial charge in [-0.1, -0.05) is 18.2 Å². The van der Waals surface area contributed by atoms with Crippen molar-refractivity contribution in [1.82, 2.24) is 10.2 Å². The Hall–Kier alpha value is -3.66. The summed E-state index contributed by atoms with van der Waals surface area (Å²) < 4.78 is 0. The minimum absolute atomic E-state index is 0.0408. The summed E-state index contributed by atoms with van der Waals surface area (Å²) in [5, 5.41) is 16.0. The van der Waals surface area contributed by atoms with E-state index in [0.717, 1.165) is 4.90 Å². The third kappa shape index (κ3) is 4.27. The Morgan fingerprint density at radius 2 is 1.76 bits per heavy atom. The van der Waals surface area contributed by atoms with Crippen molar-refractivity contribution in [3.05, 3.63) is 69.3 Å². The third-order valence-corrected chi connectivity index (χ3v) is 4.58. The summed E-state index contributed by atoms with van der Waals surface area (Å²) in [5.41, 5.74) is 1.62. The number of carbonyl (C=O) groups is 3. The molecular formula is C19H16N4O5S. The Morgan fingerprint density at radius 3 is 2.34 bits per heavy atom. The molecule has 0 atom stereocenters. The molecule has 0 bridgehead atoms. The Morgan fingerprint density at radius 1 is 1.14 bits per heavy atom. The van der Waals surface area contributed by atoms with Gasteiger partial charge >= 0.3 is 0 Å². The highest BCUT2D eigenvalue weighted by atomic mass is 32.1. The zero-order valence-electron chi connectivity index (χ0n) is 15.3. The number of imide groups is 1. The molecular weight excluding hydrogens is 396 g/mol. The Bertz CT molecular complexity index is 1020. The minimum atomic E-state index is -0.533. The number of benzene rings is 2. The summed E-state index contributed by atoms with van der Waals surface area (Å²) in [6, 6.07) is 10.7. The van der Waals surface area contributed by atoms with E-state index in [1.165, 1.54) is 12.1 Å². The maximum absolute atomic E-state index is 12.3. The summed E-state index contributed by atoms with van der Waals surface area (Å²) >= 11 is 5.07. The lowest BCUT2D eigenvalue weighted by molar-refractivity contribution is -0.384. The first-order valence-corrected chi connectivity index (χ1v) is 9.00. The van der Waals surface area contributed by atoms with E-state index >= 15 is 0 Å². The van der Waals surface area contributed by atoms with E-state index in [0.29, 0.717) is 22.4 Å². The number of nitro groups is 1. The number of nitrogens with one attached hydrogen (secondary N) is 2. The molecule has 3 amide bonds. The minimum Gasteiger partial charge on any atom is -0.332 e. The van der Waals surface area contributed by atoms with E-state index in [-0.39, 0.29) is 23.8 Å². The molecule has 148 valence electrons. The quantitative estimate of drug-likeness (QED) is 0.335. The molecule has 2 aromatic rings. The van der Waals surface area contributed by atoms with Crippen LogP contribution in [-0.4, -0.2) is 39.2 Å². The molecule has 2 aromatic carbocycles. The lowest BCUT2D eigenvalue weighted by atomic mass is 10.1. The number of rotatable bonds is 5. The highest BCUT2D eigenvalue weighted by Crippen LogP contribution is 2.23. The van der Waals surface area contributed by atoms with Gasteiger partial charge in [-0.25, -0.2) is 0 Å². The number of thiocarbonyl (C=S) groups is 1. The lowest BCUT2D eigenvalue weighted by Gasteiger charge is -2.14. The Labute approximate surface area is 170 Å². The van der Waals surface area contributed by atoms with E-state index < -0.39 is 22.6 Å². The summed E-state index contributed by atoms with van der Waals surface area (Å²) in [6.07, 6.45) is -0.138. The average molecular weight is 412 g/mol. The number of nitrogens with zero attached hydrogens (tertiary/aromatic N) is 2. The van der Waals surface area contributed by atoms with Gasteiger partial charge in [-0.15, -0.1) is 0 Å². The fraction of sp³-hybridized carbons (Fsp3) is 0.158. The van der Waals surface area contributed by atoms with E-state index in [2.05, 4.69) is 10.6 Å². The van der Waals surface area contributed by atoms with E-state index in [1.807, 2.05) is 0 Å². The molecule has 1 aliphatic heterocycles. The van der Waals surface area contributed by atoms with Crippen LogP contribution in [0.1, 0.15) is 32.7 Å². The van der Waals surface area contributed by atoms with Gasteiger partial charge in [-0.05, 0) is 36.8 Å². The van der Waals surface area contributed by atoms with Crippen molar-refractivity contribution in [2.24, 2.45) is 0 Å². The number of hydrogen-bond donors (Lipinski definition) is 2. The number of fused-ring (bicyclic) bond motifs is 1. The second-order valence-corrected chi connectivity index (χ2v) is 6.72. The molecule has 0 fully saturated rings. The van der Waals surface area contributed by atoms with Crippen LogP contribution in [0.4, 0.5) is 11.4 Å². The smallest absolute Gasteiger partial charge is 0.271 e. The van der Waals surface area contributed by atoms with E-state index in [9.17, 15) is 24.5 Å². The van der Waals surface area contributed by atoms with E-state index in [1.54, 1.807) is 37.3 Å². The van der Waals surface area contributed by atoms with Gasteiger partial charge in [0, 0.05) is 30.8 Å². The van der Waals surface area contributed by atoms with Gasteiger partial charge in [0.1, 0.15) is 0 Å². The lowest BCUT2D eigenvalue weighted by Crippen LogP contribution is -2.38. The third-order valence-electron chi connectivity index (χ3n) is 4.37. The number of aryl methyl sites for hydroxylation is 1. The van der Waals surface area contributed by atoms with Crippen LogP contribution in [0.5, 0.6) is 0 Å². The Kier molecular flexibility index (Phi) is 5.64. The average Bonchev–Trinajstić information content (AvgIpc) is 2.92. The molecule has 9 nitrogen and oxygen atoms in total. The fourth-order valence-corrected chi connectivity index (χ4v) is 3.08. The molecule has 2 N–H and O–H groups in total. The molecule has 0 aliphatic carbocycles. The number of carbonyl (C=O) groups excluding carboxylic acids is 3. The van der Waals surface area contributed by atoms with Crippen molar-refractivity contribution in [3.8, 4) is 0 Å². The first-order valence-electron chi connectivity index (χ1n) is 8.59. The summed E-state index contributed by atoms with van der Waals surface area (Å²) in [6.45, 7) is 1.65. The maximum atomic E-state index is 12.3. The van der Waals surface area contributed by atoms with Crippen molar-refractivity contribution in [2.75, 3.05) is 11.9 Å². The van der Waals surface area contributed by atoms with Gasteiger partial charge in [0.2, 0.25) is 5.91 Å². The molecule has 0 aromatic heterocycles. The predicted molar refractivity (Wildman–Crippen MR) is 109 cm³/mol. The van der Waals surface area contributed by atoms with Crippen molar-refractivity contribution in [2.45, 2.75) is 13.3 Å². The highest BCUT2D eigenvalue weighted by molar-refractivity contribution is 7.80. The molecule has 10 heteroatoms. The summed E-state index contributed by atoms with van der Waals surface area (Å²) in [5.74, 6) is -1.38. The molecule has 1 heterocycles. The van der Waals surface area contributed by atoms with Crippen LogP contribution in [-0.2, 0) is 4.79 Å². The monoisotopic (exact) mass is 412 g/mol. The second-order valence-electron chi connectivity index (χ2n) is 6.32. The zero-order valence-corrected chi connectivity index (χ0v) is 16.1. The zero-order chi connectivity index (χ0) is 21.1. The molecule has 29 heavy (non-hydrogen) atoms. The molecule has 3 rings (SSSR count). The van der Waals surface area contributed by atoms with E-state index in [4.69, 9.17) is 12.2 Å². The van der Waals surface area contributed by atoms with Gasteiger partial charge in [0.15, 0.2) is 5.11 Å². The van der Waals surface area contributed by atoms with Gasteiger partial charge in [-0.2, -0.15) is 0 Å². The van der Waals surface area contributed by atoms with Crippen LogP contribution in [0.15, 0.2) is 42.5 Å². The number of nitro benzene ring substituents is 1. The van der Waals surface area contributed by atoms with Gasteiger partial charge < -0.3 is 10.6 Å². The maximum Gasteiger partial charge on any atom is 0.271 e. The molecule has 0 radical (unpaired) electrons. The standard InChI is InChI=1S/C19H16N4O5S/c1-11-6-7-12(23(27)28)10-15(11)20-19(29)21-16(24)8-9-22-17(25)13-4-2-3-5-14(13)18(22)26/h2-7,10H,8-9H2,1H3,(H2,20,21,24,29). The molecule has 0 saturated heterocycles. The van der Waals surface area contributed by atoms with Crippen molar-refractivity contribution in [1.29, 1.82) is 0 Å². The highest BCUT2D eigenvalue weighted by Gasteiger charge is 2.34. The molecule has 1 aliphatic rings. The number of non-ortho nitro benzene ring substituents is 1. The van der Waals surface area contributed by atoms with Crippen LogP contribution in [0.2, 0.25) is 0 Å². The van der Waals surface area contributed by atoms with Crippen molar-refractivity contribution < 1.29 is 19.3 Å². The van der Waals surface area contributed by atoms with Gasteiger partial charge in [-0.3, -0.25) is 29.4 Å². The van der Waals surface area contributed by atoms with Crippen LogP contribution in [0, 0.1) is 17.0 Å². The summed E-state index contributed by atoms with van der Waals surface area (Å²) in [4.78, 5) is 48.1. The van der Waals surface area contributed by atoms with Gasteiger partial charge in [0.05, 0.1) is 16.1 Å². The van der Waals surface area contributed by atoms with Gasteiger partial charge in [0.25, 0.3) is 17.5 Å². The van der Waals surface area contributed by atoms with Crippen LogP contribution < -0.4 is 10.6 Å². The van der Waals surface area contributed by atoms with Crippen LogP contribution in [0.25, 0.3) is 0 Å². The predicted octanol–water partition coefficient (Wildman–Crippen LogP) is 2.40. The van der Waals surface area contributed by atoms with Crippen LogP contribution >= 0.6 is 12.2 Å². The first kappa shape index (κ1) is 20.1. The van der Waals surface area contributed by atoms with Crippen molar-refractivity contribution >= 4 is 46.4 Å². The Balaban J connectivity index is 1.56. The number of anilines is 1. The fourth-order valence-electron chi connectivity index (χ4n) is 2.86. The number of hydrogen-bond acceptors (Lipinski definition) is 6. The molecule has 0 unspecified atom stereocenters. The molecule has 0 saturated carbocycles. The second kappa shape index (κ2) is 8.15. The topological polar surface area (TPSA) is 122 Å². The largest absolute Gasteiger partial charge is 0.332 e. The number of amides is 3. The van der Waals surface area contributed by atoms with Crippen molar-refractivity contribution in [3.63, 3.8) is 0 Å². The first-order chi connectivity index (χ1) is 13.8. The normalized spacial score (nSPS) is 12.5.